The second kappa shape index (κ2) is 6.80. The molecule has 0 spiro atoms. The molecule has 5 nitrogen and oxygen atoms in total. The van der Waals surface area contributed by atoms with Crippen molar-refractivity contribution < 1.29 is 0 Å². The van der Waals surface area contributed by atoms with Crippen LogP contribution in [0.4, 0.5) is 5.13 Å². The first-order valence-corrected chi connectivity index (χ1v) is 10.9. The Labute approximate surface area is 158 Å². The number of anilines is 1. The van der Waals surface area contributed by atoms with Crippen LogP contribution in [-0.2, 0) is 19.4 Å². The van der Waals surface area contributed by atoms with E-state index >= 15 is 0 Å². The van der Waals surface area contributed by atoms with Gasteiger partial charge >= 0.3 is 0 Å². The maximum Gasteiger partial charge on any atom is 0.266 e. The summed E-state index contributed by atoms with van der Waals surface area (Å²) in [6.45, 7) is 2.86. The molecule has 6 heteroatoms. The number of rotatable bonds is 4. The highest BCUT2D eigenvalue weighted by Gasteiger charge is 2.27. The summed E-state index contributed by atoms with van der Waals surface area (Å²) in [4.78, 5) is 21.0. The zero-order valence-electron chi connectivity index (χ0n) is 15.2. The Kier molecular flexibility index (Phi) is 4.31. The van der Waals surface area contributed by atoms with Gasteiger partial charge in [0.25, 0.3) is 5.56 Å². The van der Waals surface area contributed by atoms with Gasteiger partial charge in [-0.3, -0.25) is 4.79 Å². The molecule has 1 saturated carbocycles. The van der Waals surface area contributed by atoms with Crippen molar-refractivity contribution >= 4 is 16.5 Å². The van der Waals surface area contributed by atoms with Crippen LogP contribution in [-0.4, -0.2) is 27.9 Å². The number of nitrogens with zero attached hydrogens (tertiary/aromatic N) is 4. The molecule has 3 heterocycles. The minimum Gasteiger partial charge on any atom is -0.348 e. The molecule has 2 aliphatic carbocycles. The Morgan fingerprint density at radius 2 is 1.88 bits per heavy atom. The summed E-state index contributed by atoms with van der Waals surface area (Å²) < 4.78 is 1.72. The number of aromatic nitrogens is 3. The van der Waals surface area contributed by atoms with Crippen molar-refractivity contribution in [2.75, 3.05) is 18.0 Å². The summed E-state index contributed by atoms with van der Waals surface area (Å²) >= 11 is 1.91. The van der Waals surface area contributed by atoms with E-state index in [-0.39, 0.29) is 5.56 Å². The summed E-state index contributed by atoms with van der Waals surface area (Å²) in [5, 5.41) is 5.85. The molecule has 0 N–H and O–H groups in total. The van der Waals surface area contributed by atoms with Crippen molar-refractivity contribution in [2.45, 2.75) is 63.8 Å². The molecule has 5 rings (SSSR count). The third-order valence-electron chi connectivity index (χ3n) is 6.03. The predicted molar refractivity (Wildman–Crippen MR) is 104 cm³/mol. The molecule has 2 aromatic heterocycles. The largest absolute Gasteiger partial charge is 0.348 e. The Morgan fingerprint density at radius 3 is 2.65 bits per heavy atom. The van der Waals surface area contributed by atoms with Gasteiger partial charge in [-0.2, -0.15) is 5.10 Å². The van der Waals surface area contributed by atoms with Crippen LogP contribution < -0.4 is 10.5 Å². The van der Waals surface area contributed by atoms with Crippen LogP contribution >= 0.6 is 11.3 Å². The molecule has 26 heavy (non-hydrogen) atoms. The Bertz CT molecular complexity index is 822. The minimum atomic E-state index is 0.0458. The first kappa shape index (κ1) is 16.5. The van der Waals surface area contributed by atoms with Crippen molar-refractivity contribution in [1.29, 1.82) is 0 Å². The second-order valence-corrected chi connectivity index (χ2v) is 9.12. The highest BCUT2D eigenvalue weighted by Crippen LogP contribution is 2.38. The summed E-state index contributed by atoms with van der Waals surface area (Å²) in [5.74, 6) is 1.14. The molecule has 0 amide bonds. The van der Waals surface area contributed by atoms with Crippen LogP contribution in [0.1, 0.15) is 60.7 Å². The van der Waals surface area contributed by atoms with Gasteiger partial charge in [0.2, 0.25) is 0 Å². The van der Waals surface area contributed by atoms with Gasteiger partial charge in [0.15, 0.2) is 5.13 Å². The quantitative estimate of drug-likeness (QED) is 0.828. The van der Waals surface area contributed by atoms with Gasteiger partial charge in [0.1, 0.15) is 0 Å². The molecule has 0 aromatic carbocycles. The van der Waals surface area contributed by atoms with Crippen LogP contribution in [0.15, 0.2) is 16.9 Å². The van der Waals surface area contributed by atoms with Crippen molar-refractivity contribution in [3.05, 3.63) is 38.8 Å². The molecular weight excluding hydrogens is 344 g/mol. The second-order valence-electron chi connectivity index (χ2n) is 8.06. The normalized spacial score (nSPS) is 21.0. The number of hydrogen-bond donors (Lipinski definition) is 0. The third kappa shape index (κ3) is 3.31. The number of fused-ring (bicyclic) bond motifs is 1. The third-order valence-corrected chi connectivity index (χ3v) is 7.25. The van der Waals surface area contributed by atoms with E-state index in [1.165, 1.54) is 47.8 Å². The van der Waals surface area contributed by atoms with Crippen LogP contribution in [0, 0.1) is 5.92 Å². The van der Waals surface area contributed by atoms with Gasteiger partial charge in [-0.25, -0.2) is 9.67 Å². The SMILES string of the molecule is O=c1ccc(C2CC2)nn1CC1CCN(c2nc3c(s2)CCCC3)CC1. The summed E-state index contributed by atoms with van der Waals surface area (Å²) in [6.07, 6.45) is 9.67. The van der Waals surface area contributed by atoms with E-state index in [9.17, 15) is 4.79 Å². The van der Waals surface area contributed by atoms with Crippen molar-refractivity contribution in [3.8, 4) is 0 Å². The van der Waals surface area contributed by atoms with Crippen LogP contribution in [0.25, 0.3) is 0 Å². The van der Waals surface area contributed by atoms with E-state index in [0.29, 0.717) is 11.8 Å². The lowest BCUT2D eigenvalue weighted by Crippen LogP contribution is -2.37. The van der Waals surface area contributed by atoms with Crippen molar-refractivity contribution in [2.24, 2.45) is 5.92 Å². The molecule has 2 aromatic rings. The molecular formula is C20H26N4OS. The van der Waals surface area contributed by atoms with E-state index in [4.69, 9.17) is 4.98 Å². The monoisotopic (exact) mass is 370 g/mol. The average Bonchev–Trinajstić information content (AvgIpc) is 3.42. The predicted octanol–water partition coefficient (Wildman–Crippen LogP) is 3.37. The molecule has 2 fully saturated rings. The lowest BCUT2D eigenvalue weighted by molar-refractivity contribution is 0.333. The van der Waals surface area contributed by atoms with Crippen LogP contribution in [0.2, 0.25) is 0 Å². The molecule has 1 aliphatic heterocycles. The standard InChI is InChI=1S/C20H26N4OS/c25-19-8-7-16(15-5-6-15)22-24(19)13-14-9-11-23(12-10-14)20-21-17-3-1-2-4-18(17)26-20/h7-8,14-15H,1-6,9-13H2. The van der Waals surface area contributed by atoms with E-state index in [1.54, 1.807) is 10.7 Å². The fourth-order valence-electron chi connectivity index (χ4n) is 4.22. The average molecular weight is 371 g/mol. The molecule has 1 saturated heterocycles. The molecule has 0 radical (unpaired) electrons. The highest BCUT2D eigenvalue weighted by molar-refractivity contribution is 7.15. The smallest absolute Gasteiger partial charge is 0.266 e. The summed E-state index contributed by atoms with van der Waals surface area (Å²) in [7, 11) is 0. The maximum absolute atomic E-state index is 12.2. The van der Waals surface area contributed by atoms with Gasteiger partial charge in [0.05, 0.1) is 11.4 Å². The molecule has 3 aliphatic rings. The van der Waals surface area contributed by atoms with Crippen LogP contribution in [0.3, 0.4) is 0 Å². The van der Waals surface area contributed by atoms with Gasteiger partial charge < -0.3 is 4.90 Å². The summed E-state index contributed by atoms with van der Waals surface area (Å²) in [5.41, 5.74) is 2.51. The van der Waals surface area contributed by atoms with Gasteiger partial charge in [-0.05, 0) is 63.4 Å². The molecule has 0 unspecified atom stereocenters. The minimum absolute atomic E-state index is 0.0458. The lowest BCUT2D eigenvalue weighted by Gasteiger charge is -2.31. The van der Waals surface area contributed by atoms with Gasteiger partial charge in [-0.15, -0.1) is 11.3 Å². The molecule has 0 atom stereocenters. The van der Waals surface area contributed by atoms with Crippen molar-refractivity contribution in [1.82, 2.24) is 14.8 Å². The molecule has 138 valence electrons. The number of thiazole rings is 1. The van der Waals surface area contributed by atoms with Gasteiger partial charge in [0, 0.05) is 36.5 Å². The van der Waals surface area contributed by atoms with Crippen LogP contribution in [0.5, 0.6) is 0 Å². The zero-order valence-corrected chi connectivity index (χ0v) is 16.0. The summed E-state index contributed by atoms with van der Waals surface area (Å²) in [6, 6.07) is 3.62. The zero-order chi connectivity index (χ0) is 17.5. The van der Waals surface area contributed by atoms with E-state index in [0.717, 1.165) is 44.6 Å². The highest BCUT2D eigenvalue weighted by atomic mass is 32.1. The Morgan fingerprint density at radius 1 is 1.08 bits per heavy atom. The van der Waals surface area contributed by atoms with E-state index in [1.807, 2.05) is 17.4 Å². The van der Waals surface area contributed by atoms with E-state index < -0.39 is 0 Å². The Hall–Kier alpha value is -1.69. The topological polar surface area (TPSA) is 51.0 Å². The van der Waals surface area contributed by atoms with Crippen molar-refractivity contribution in [3.63, 3.8) is 0 Å². The number of hydrogen-bond acceptors (Lipinski definition) is 5. The number of piperidine rings is 1. The Balaban J connectivity index is 1.23. The lowest BCUT2D eigenvalue weighted by atomic mass is 9.97. The maximum atomic E-state index is 12.2. The first-order valence-electron chi connectivity index (χ1n) is 10.1. The molecule has 0 bridgehead atoms. The fraction of sp³-hybridized carbons (Fsp3) is 0.650. The van der Waals surface area contributed by atoms with E-state index in [2.05, 4.69) is 10.00 Å². The fourth-order valence-corrected chi connectivity index (χ4v) is 5.42. The van der Waals surface area contributed by atoms with Gasteiger partial charge in [-0.1, -0.05) is 0 Å². The first-order chi connectivity index (χ1) is 12.8. The number of aryl methyl sites for hydroxylation is 2.